The molecule has 0 spiro atoms. The van der Waals surface area contributed by atoms with E-state index in [4.69, 9.17) is 4.74 Å². The number of aromatic nitrogens is 2. The number of nitrogens with one attached hydrogen (secondary N) is 2. The molecule has 1 aromatic heterocycles. The standard InChI is InChI=1S/C22H27N3O2/c1-3-8-18-20(22(26)27-4-2)19(17-13-23-25-21(17)24-18)16-12-7-10-14-9-5-6-11-15(14)16/h7,10,12-13,19H,3-6,8-9,11H2,1-2H3,(H2,23,24,25). The third kappa shape index (κ3) is 3.15. The van der Waals surface area contributed by atoms with Crippen LogP contribution in [0.2, 0.25) is 0 Å². The topological polar surface area (TPSA) is 67.0 Å². The molecule has 1 aliphatic carbocycles. The van der Waals surface area contributed by atoms with Crippen LogP contribution in [0.3, 0.4) is 0 Å². The number of hydrogen-bond donors (Lipinski definition) is 2. The number of anilines is 1. The summed E-state index contributed by atoms with van der Waals surface area (Å²) >= 11 is 0. The summed E-state index contributed by atoms with van der Waals surface area (Å²) in [6.07, 6.45) is 8.29. The maximum atomic E-state index is 13.0. The summed E-state index contributed by atoms with van der Waals surface area (Å²) in [6.45, 7) is 4.35. The summed E-state index contributed by atoms with van der Waals surface area (Å²) in [5.41, 5.74) is 6.76. The Bertz CT molecular complexity index is 881. The van der Waals surface area contributed by atoms with Crippen molar-refractivity contribution in [3.8, 4) is 0 Å². The second-order valence-corrected chi connectivity index (χ2v) is 7.30. The van der Waals surface area contributed by atoms with Gasteiger partial charge in [-0.2, -0.15) is 5.10 Å². The van der Waals surface area contributed by atoms with E-state index < -0.39 is 0 Å². The third-order valence-corrected chi connectivity index (χ3v) is 5.60. The van der Waals surface area contributed by atoms with Crippen molar-refractivity contribution in [3.05, 3.63) is 57.9 Å². The highest BCUT2D eigenvalue weighted by Gasteiger charge is 2.37. The van der Waals surface area contributed by atoms with Crippen molar-refractivity contribution in [3.63, 3.8) is 0 Å². The number of fused-ring (bicyclic) bond motifs is 2. The first-order valence-electron chi connectivity index (χ1n) is 10.1. The van der Waals surface area contributed by atoms with Gasteiger partial charge in [0.25, 0.3) is 0 Å². The molecule has 0 fully saturated rings. The third-order valence-electron chi connectivity index (χ3n) is 5.60. The average Bonchev–Trinajstić information content (AvgIpc) is 3.15. The minimum atomic E-state index is -0.223. The van der Waals surface area contributed by atoms with Gasteiger partial charge in [-0.05, 0) is 55.7 Å². The summed E-state index contributed by atoms with van der Waals surface area (Å²) in [7, 11) is 0. The normalized spacial score (nSPS) is 18.5. The van der Waals surface area contributed by atoms with Gasteiger partial charge in [-0.25, -0.2) is 4.79 Å². The van der Waals surface area contributed by atoms with Gasteiger partial charge in [0, 0.05) is 23.4 Å². The van der Waals surface area contributed by atoms with E-state index in [-0.39, 0.29) is 11.9 Å². The quantitative estimate of drug-likeness (QED) is 0.768. The van der Waals surface area contributed by atoms with Crippen LogP contribution in [-0.4, -0.2) is 22.8 Å². The van der Waals surface area contributed by atoms with Gasteiger partial charge in [0.15, 0.2) is 5.82 Å². The van der Waals surface area contributed by atoms with Crippen LogP contribution in [0.4, 0.5) is 5.82 Å². The fraction of sp³-hybridized carbons (Fsp3) is 0.455. The summed E-state index contributed by atoms with van der Waals surface area (Å²) < 4.78 is 5.48. The number of rotatable bonds is 5. The van der Waals surface area contributed by atoms with Crippen molar-refractivity contribution in [2.75, 3.05) is 11.9 Å². The smallest absolute Gasteiger partial charge is 0.336 e. The monoisotopic (exact) mass is 365 g/mol. The number of carbonyl (C=O) groups excluding carboxylic acids is 1. The van der Waals surface area contributed by atoms with E-state index in [1.54, 1.807) is 0 Å². The Balaban J connectivity index is 1.91. The van der Waals surface area contributed by atoms with Crippen molar-refractivity contribution >= 4 is 11.8 Å². The van der Waals surface area contributed by atoms with Crippen molar-refractivity contribution in [2.24, 2.45) is 0 Å². The highest BCUT2D eigenvalue weighted by Crippen LogP contribution is 2.44. The van der Waals surface area contributed by atoms with Crippen molar-refractivity contribution < 1.29 is 9.53 Å². The molecule has 0 radical (unpaired) electrons. The van der Waals surface area contributed by atoms with Gasteiger partial charge in [-0.1, -0.05) is 31.5 Å². The highest BCUT2D eigenvalue weighted by molar-refractivity contribution is 5.94. The zero-order valence-corrected chi connectivity index (χ0v) is 16.1. The number of ether oxygens (including phenoxy) is 1. The van der Waals surface area contributed by atoms with Crippen LogP contribution in [0, 0.1) is 0 Å². The first-order chi connectivity index (χ1) is 13.2. The van der Waals surface area contributed by atoms with Crippen molar-refractivity contribution in [2.45, 2.75) is 58.3 Å². The fourth-order valence-electron chi connectivity index (χ4n) is 4.46. The van der Waals surface area contributed by atoms with Crippen LogP contribution >= 0.6 is 0 Å². The Morgan fingerprint density at radius 3 is 2.89 bits per heavy atom. The summed E-state index contributed by atoms with van der Waals surface area (Å²) in [5, 5.41) is 10.8. The van der Waals surface area contributed by atoms with Crippen LogP contribution in [-0.2, 0) is 22.4 Å². The molecule has 0 saturated carbocycles. The lowest BCUT2D eigenvalue weighted by atomic mass is 9.76. The molecule has 2 N–H and O–H groups in total. The zero-order chi connectivity index (χ0) is 18.8. The number of nitrogens with zero attached hydrogens (tertiary/aromatic N) is 1. The van der Waals surface area contributed by atoms with E-state index in [1.807, 2.05) is 13.1 Å². The maximum Gasteiger partial charge on any atom is 0.336 e. The molecule has 2 heterocycles. The molecule has 0 saturated heterocycles. The number of esters is 1. The number of aryl methyl sites for hydroxylation is 1. The lowest BCUT2D eigenvalue weighted by Gasteiger charge is -2.31. The van der Waals surface area contributed by atoms with Gasteiger partial charge in [-0.3, -0.25) is 5.10 Å². The lowest BCUT2D eigenvalue weighted by Crippen LogP contribution is -2.26. The number of allylic oxidation sites excluding steroid dienone is 1. The number of aromatic amines is 1. The number of benzene rings is 1. The number of hydrogen-bond acceptors (Lipinski definition) is 4. The Morgan fingerprint density at radius 1 is 1.22 bits per heavy atom. The van der Waals surface area contributed by atoms with Crippen LogP contribution in [0.1, 0.15) is 67.7 Å². The molecule has 5 nitrogen and oxygen atoms in total. The summed E-state index contributed by atoms with van der Waals surface area (Å²) in [4.78, 5) is 13.0. The molecule has 27 heavy (non-hydrogen) atoms. The zero-order valence-electron chi connectivity index (χ0n) is 16.1. The molecule has 1 aliphatic heterocycles. The van der Waals surface area contributed by atoms with Crippen LogP contribution < -0.4 is 5.32 Å². The molecule has 1 aromatic carbocycles. The van der Waals surface area contributed by atoms with E-state index in [2.05, 4.69) is 40.6 Å². The predicted octanol–water partition coefficient (Wildman–Crippen LogP) is 4.46. The SMILES string of the molecule is CCCC1=C(C(=O)OCC)C(c2cccc3c2CCCC3)c2c[nH]nc2N1. The summed E-state index contributed by atoms with van der Waals surface area (Å²) in [6, 6.07) is 6.54. The van der Waals surface area contributed by atoms with Crippen LogP contribution in [0.5, 0.6) is 0 Å². The largest absolute Gasteiger partial charge is 0.463 e. The first-order valence-corrected chi connectivity index (χ1v) is 10.1. The minimum absolute atomic E-state index is 0.131. The van der Waals surface area contributed by atoms with Gasteiger partial charge in [-0.15, -0.1) is 0 Å². The average molecular weight is 365 g/mol. The van der Waals surface area contributed by atoms with Crippen molar-refractivity contribution in [1.82, 2.24) is 10.2 Å². The molecule has 0 bridgehead atoms. The molecular formula is C22H27N3O2. The second kappa shape index (κ2) is 7.59. The van der Waals surface area contributed by atoms with Crippen LogP contribution in [0.25, 0.3) is 0 Å². The van der Waals surface area contributed by atoms with E-state index in [1.165, 1.54) is 29.5 Å². The van der Waals surface area contributed by atoms with Gasteiger partial charge in [0.2, 0.25) is 0 Å². The summed E-state index contributed by atoms with van der Waals surface area (Å²) in [5.74, 6) is 0.470. The highest BCUT2D eigenvalue weighted by atomic mass is 16.5. The van der Waals surface area contributed by atoms with Gasteiger partial charge < -0.3 is 10.1 Å². The lowest BCUT2D eigenvalue weighted by molar-refractivity contribution is -0.138. The fourth-order valence-corrected chi connectivity index (χ4v) is 4.46. The van der Waals surface area contributed by atoms with E-state index >= 15 is 0 Å². The Morgan fingerprint density at radius 2 is 2.07 bits per heavy atom. The molecular weight excluding hydrogens is 338 g/mol. The number of H-pyrrole nitrogens is 1. The Labute approximate surface area is 160 Å². The molecule has 4 rings (SSSR count). The van der Waals surface area contributed by atoms with Gasteiger partial charge in [0.05, 0.1) is 12.2 Å². The van der Waals surface area contributed by atoms with E-state index in [9.17, 15) is 4.79 Å². The van der Waals surface area contributed by atoms with Gasteiger partial charge in [0.1, 0.15) is 0 Å². The molecule has 5 heteroatoms. The molecule has 0 amide bonds. The molecule has 142 valence electrons. The predicted molar refractivity (Wildman–Crippen MR) is 106 cm³/mol. The maximum absolute atomic E-state index is 13.0. The first kappa shape index (κ1) is 17.8. The second-order valence-electron chi connectivity index (χ2n) is 7.30. The molecule has 1 atom stereocenters. The van der Waals surface area contributed by atoms with Crippen molar-refractivity contribution in [1.29, 1.82) is 0 Å². The van der Waals surface area contributed by atoms with E-state index in [0.717, 1.165) is 48.3 Å². The molecule has 2 aromatic rings. The number of carbonyl (C=O) groups is 1. The molecule has 1 unspecified atom stereocenters. The van der Waals surface area contributed by atoms with Crippen LogP contribution in [0.15, 0.2) is 35.7 Å². The van der Waals surface area contributed by atoms with Gasteiger partial charge >= 0.3 is 5.97 Å². The Hall–Kier alpha value is -2.56. The molecule has 2 aliphatic rings. The van der Waals surface area contributed by atoms with E-state index in [0.29, 0.717) is 6.61 Å². The minimum Gasteiger partial charge on any atom is -0.463 e. The Kier molecular flexibility index (Phi) is 5.01.